The first-order valence-corrected chi connectivity index (χ1v) is 8.30. The average molecular weight is 387 g/mol. The van der Waals surface area contributed by atoms with Gasteiger partial charge in [-0.25, -0.2) is 0 Å². The molecule has 1 heterocycles. The highest BCUT2D eigenvalue weighted by molar-refractivity contribution is 7.99. The monoisotopic (exact) mass is 385 g/mol. The first kappa shape index (κ1) is 21.7. The zero-order chi connectivity index (χ0) is 14.4. The molecule has 0 aromatic heterocycles. The zero-order valence-corrected chi connectivity index (χ0v) is 15.6. The van der Waals surface area contributed by atoms with Gasteiger partial charge in [0.1, 0.15) is 0 Å². The Hall–Kier alpha value is -0.330. The summed E-state index contributed by atoms with van der Waals surface area (Å²) in [6.45, 7) is 2.68. The number of nitrogens with zero attached hydrogens (tertiary/aromatic N) is 1. The van der Waals surface area contributed by atoms with Gasteiger partial charge in [-0.2, -0.15) is 11.8 Å². The van der Waals surface area contributed by atoms with E-state index in [9.17, 15) is 4.79 Å². The van der Waals surface area contributed by atoms with Crippen molar-refractivity contribution in [2.45, 2.75) is 6.42 Å². The molecule has 0 saturated carbocycles. The van der Waals surface area contributed by atoms with E-state index in [0.717, 1.165) is 36.0 Å². The highest BCUT2D eigenvalue weighted by atomic mass is 35.5. The third-order valence-electron chi connectivity index (χ3n) is 3.19. The number of hydrogen-bond acceptors (Lipinski definition) is 4. The molecule has 22 heavy (non-hydrogen) atoms. The number of benzene rings is 1. The van der Waals surface area contributed by atoms with Crippen molar-refractivity contribution in [1.29, 1.82) is 0 Å². The third-order valence-corrected chi connectivity index (χ3v) is 4.36. The molecule has 1 fully saturated rings. The molecule has 2 rings (SSSR count). The fourth-order valence-corrected chi connectivity index (χ4v) is 3.21. The molecule has 0 unspecified atom stereocenters. The van der Waals surface area contributed by atoms with Crippen molar-refractivity contribution in [1.82, 2.24) is 5.32 Å². The van der Waals surface area contributed by atoms with E-state index < -0.39 is 0 Å². The van der Waals surface area contributed by atoms with Crippen molar-refractivity contribution in [2.75, 3.05) is 48.4 Å². The number of carbonyl (C=O) groups is 1. The van der Waals surface area contributed by atoms with Crippen molar-refractivity contribution >= 4 is 65.5 Å². The second kappa shape index (κ2) is 11.2. The number of amides is 1. The Kier molecular flexibility index (Phi) is 11.1. The summed E-state index contributed by atoms with van der Waals surface area (Å²) in [4.78, 5) is 14.2. The summed E-state index contributed by atoms with van der Waals surface area (Å²) in [5.74, 6) is 2.25. The molecule has 1 saturated heterocycles. The summed E-state index contributed by atoms with van der Waals surface area (Å²) in [6, 6.07) is 5.70. The molecule has 1 aliphatic rings. The van der Waals surface area contributed by atoms with Crippen molar-refractivity contribution < 1.29 is 4.79 Å². The summed E-state index contributed by atoms with van der Waals surface area (Å²) in [7, 11) is 1.84. The van der Waals surface area contributed by atoms with Gasteiger partial charge >= 0.3 is 0 Å². The molecule has 1 aliphatic heterocycles. The van der Waals surface area contributed by atoms with Crippen LogP contribution in [-0.2, 0) is 4.79 Å². The van der Waals surface area contributed by atoms with E-state index in [1.165, 1.54) is 0 Å². The second-order valence-electron chi connectivity index (χ2n) is 4.66. The van der Waals surface area contributed by atoms with Gasteiger partial charge in [0.05, 0.1) is 11.4 Å². The lowest BCUT2D eigenvalue weighted by molar-refractivity contribution is -0.116. The lowest BCUT2D eigenvalue weighted by atomic mass is 10.2. The Balaban J connectivity index is 0.00000220. The maximum Gasteiger partial charge on any atom is 0.225 e. The normalized spacial score (nSPS) is 13.8. The number of thioether (sulfide) groups is 1. The Morgan fingerprint density at radius 3 is 2.64 bits per heavy atom. The van der Waals surface area contributed by atoms with Crippen LogP contribution >= 0.6 is 48.2 Å². The molecular weight excluding hydrogens is 365 g/mol. The molecule has 0 spiro atoms. The molecule has 1 amide bonds. The predicted molar refractivity (Wildman–Crippen MR) is 103 cm³/mol. The molecule has 4 nitrogen and oxygen atoms in total. The summed E-state index contributed by atoms with van der Waals surface area (Å²) in [5, 5.41) is 6.59. The van der Waals surface area contributed by atoms with E-state index in [1.807, 2.05) is 37.0 Å². The summed E-state index contributed by atoms with van der Waals surface area (Å²) >= 11 is 8.02. The smallest absolute Gasteiger partial charge is 0.225 e. The van der Waals surface area contributed by atoms with Crippen LogP contribution in [0.5, 0.6) is 0 Å². The fraction of sp³-hybridized carbons (Fsp3) is 0.500. The number of rotatable bonds is 5. The Morgan fingerprint density at radius 1 is 1.32 bits per heavy atom. The van der Waals surface area contributed by atoms with Crippen molar-refractivity contribution in [3.63, 3.8) is 0 Å². The van der Waals surface area contributed by atoms with Crippen LogP contribution in [-0.4, -0.2) is 44.1 Å². The van der Waals surface area contributed by atoms with E-state index in [-0.39, 0.29) is 30.7 Å². The summed E-state index contributed by atoms with van der Waals surface area (Å²) in [5.41, 5.74) is 1.87. The Bertz CT molecular complexity index is 471. The van der Waals surface area contributed by atoms with Gasteiger partial charge in [0.15, 0.2) is 0 Å². The predicted octanol–water partition coefficient (Wildman–Crippen LogP) is 3.28. The lowest BCUT2D eigenvalue weighted by Crippen LogP contribution is -2.33. The van der Waals surface area contributed by atoms with Gasteiger partial charge < -0.3 is 15.5 Å². The first-order chi connectivity index (χ1) is 9.70. The molecule has 126 valence electrons. The number of anilines is 2. The number of halogens is 3. The Morgan fingerprint density at radius 2 is 2.00 bits per heavy atom. The Labute approximate surface area is 153 Å². The van der Waals surface area contributed by atoms with Gasteiger partial charge in [-0.05, 0) is 25.2 Å². The van der Waals surface area contributed by atoms with Crippen LogP contribution in [0, 0.1) is 0 Å². The standard InChI is InChI=1S/C14H20ClN3OS.2ClH/c1-16-5-4-14(19)17-12-10-11(15)2-3-13(12)18-6-8-20-9-7-18;;/h2-3,10,16H,4-9H2,1H3,(H,17,19);2*1H. The van der Waals surface area contributed by atoms with Crippen LogP contribution in [0.4, 0.5) is 11.4 Å². The van der Waals surface area contributed by atoms with Gasteiger partial charge in [-0.3, -0.25) is 4.79 Å². The van der Waals surface area contributed by atoms with Gasteiger partial charge in [-0.15, -0.1) is 24.8 Å². The van der Waals surface area contributed by atoms with Crippen LogP contribution in [0.1, 0.15) is 6.42 Å². The minimum atomic E-state index is 0. The van der Waals surface area contributed by atoms with E-state index >= 15 is 0 Å². The van der Waals surface area contributed by atoms with Crippen LogP contribution < -0.4 is 15.5 Å². The maximum absolute atomic E-state index is 11.9. The molecule has 0 atom stereocenters. The molecule has 0 radical (unpaired) electrons. The van der Waals surface area contributed by atoms with E-state index in [0.29, 0.717) is 18.0 Å². The number of hydrogen-bond donors (Lipinski definition) is 2. The summed E-state index contributed by atoms with van der Waals surface area (Å²) in [6.07, 6.45) is 0.457. The van der Waals surface area contributed by atoms with E-state index in [2.05, 4.69) is 15.5 Å². The quantitative estimate of drug-likeness (QED) is 0.815. The first-order valence-electron chi connectivity index (χ1n) is 6.77. The molecule has 8 heteroatoms. The van der Waals surface area contributed by atoms with Crippen LogP contribution in [0.2, 0.25) is 5.02 Å². The molecule has 0 bridgehead atoms. The second-order valence-corrected chi connectivity index (χ2v) is 6.32. The van der Waals surface area contributed by atoms with Crippen LogP contribution in [0.25, 0.3) is 0 Å². The minimum Gasteiger partial charge on any atom is -0.368 e. The highest BCUT2D eigenvalue weighted by Gasteiger charge is 2.16. The molecule has 0 aliphatic carbocycles. The van der Waals surface area contributed by atoms with Gasteiger partial charge in [0.25, 0.3) is 0 Å². The number of carbonyl (C=O) groups excluding carboxylic acids is 1. The molecule has 2 N–H and O–H groups in total. The van der Waals surface area contributed by atoms with Crippen molar-refractivity contribution in [3.8, 4) is 0 Å². The third kappa shape index (κ3) is 6.42. The van der Waals surface area contributed by atoms with Crippen molar-refractivity contribution in [3.05, 3.63) is 23.2 Å². The SMILES string of the molecule is CNCCC(=O)Nc1cc(Cl)ccc1N1CCSCC1.Cl.Cl. The van der Waals surface area contributed by atoms with Gasteiger partial charge in [0, 0.05) is 42.6 Å². The fourth-order valence-electron chi connectivity index (χ4n) is 2.14. The topological polar surface area (TPSA) is 44.4 Å². The van der Waals surface area contributed by atoms with E-state index in [1.54, 1.807) is 0 Å². The number of nitrogens with one attached hydrogen (secondary N) is 2. The molecular formula is C14H22Cl3N3OS. The van der Waals surface area contributed by atoms with Crippen LogP contribution in [0.3, 0.4) is 0 Å². The molecule has 1 aromatic carbocycles. The minimum absolute atomic E-state index is 0. The highest BCUT2D eigenvalue weighted by Crippen LogP contribution is 2.31. The zero-order valence-electron chi connectivity index (χ0n) is 12.4. The van der Waals surface area contributed by atoms with Crippen molar-refractivity contribution in [2.24, 2.45) is 0 Å². The average Bonchev–Trinajstić information content (AvgIpc) is 2.46. The van der Waals surface area contributed by atoms with Gasteiger partial charge in [-0.1, -0.05) is 11.6 Å². The van der Waals surface area contributed by atoms with Crippen LogP contribution in [0.15, 0.2) is 18.2 Å². The lowest BCUT2D eigenvalue weighted by Gasteiger charge is -2.30. The maximum atomic E-state index is 11.9. The largest absolute Gasteiger partial charge is 0.368 e. The molecule has 1 aromatic rings. The summed E-state index contributed by atoms with van der Waals surface area (Å²) < 4.78 is 0. The van der Waals surface area contributed by atoms with E-state index in [4.69, 9.17) is 11.6 Å². The van der Waals surface area contributed by atoms with Gasteiger partial charge in [0.2, 0.25) is 5.91 Å².